The van der Waals surface area contributed by atoms with E-state index >= 15 is 4.39 Å². The van der Waals surface area contributed by atoms with Crippen LogP contribution in [0.5, 0.6) is 0 Å². The summed E-state index contributed by atoms with van der Waals surface area (Å²) in [6.45, 7) is 10.8. The van der Waals surface area contributed by atoms with Crippen LogP contribution < -0.4 is 32.3 Å². The molecule has 1 aliphatic rings. The van der Waals surface area contributed by atoms with Crippen molar-refractivity contribution in [1.82, 2.24) is 45.9 Å². The van der Waals surface area contributed by atoms with E-state index in [1.807, 2.05) is 51.1 Å². The number of imide groups is 1. The predicted octanol–water partition coefficient (Wildman–Crippen LogP) is 2.25. The topological polar surface area (TPSA) is 304 Å². The molecule has 1 aromatic heterocycles. The van der Waals surface area contributed by atoms with Crippen molar-refractivity contribution in [3.63, 3.8) is 0 Å². The Balaban J connectivity index is 1.23. The van der Waals surface area contributed by atoms with Gasteiger partial charge in [0.1, 0.15) is 36.1 Å². The van der Waals surface area contributed by atoms with E-state index in [4.69, 9.17) is 29.7 Å². The van der Waals surface area contributed by atoms with Crippen LogP contribution in [-0.4, -0.2) is 176 Å². The normalized spacial score (nSPS) is 13.5. The summed E-state index contributed by atoms with van der Waals surface area (Å²) in [7, 11) is 0. The summed E-state index contributed by atoms with van der Waals surface area (Å²) in [5.74, 6) is -4.88. The molecule has 2 aromatic carbocycles. The van der Waals surface area contributed by atoms with Gasteiger partial charge in [0.15, 0.2) is 0 Å². The standard InChI is InChI=1S/C55H78F2N10O13/c1-37(2)49(64-45(70)19-25-77-27-29-79-31-32-80-30-28-78-26-22-59-44(69)18-24-66-46(71)16-17-47(66)72)53(75)63-42(13-9-20-61-54(58)76)52(74)60-21-10-23-67(48(73)36-68)50(55(3,4)5)51-62-43(40-33-39(56)14-15-41(40)57)35-65(51)34-38-11-7-6-8-12-38/h6-8,11-12,14-17,33,35,37,42,49-50,68H,9-10,13,18-32,34,36H2,1-5H3,(H,59,69)(H,60,74)(H,63,75)(H,64,70)(H3,58,61,76)/t42-,49-,50-/m0/s1. The third-order valence-corrected chi connectivity index (χ3v) is 12.4. The van der Waals surface area contributed by atoms with E-state index in [1.54, 1.807) is 24.6 Å². The number of primary amides is 1. The van der Waals surface area contributed by atoms with Crippen LogP contribution >= 0.6 is 0 Å². The second-order valence-corrected chi connectivity index (χ2v) is 20.1. The van der Waals surface area contributed by atoms with Crippen molar-refractivity contribution in [2.24, 2.45) is 17.1 Å². The molecular weight excluding hydrogens is 1050 g/mol. The maximum absolute atomic E-state index is 15.2. The smallest absolute Gasteiger partial charge is 0.312 e. The van der Waals surface area contributed by atoms with E-state index in [0.717, 1.165) is 40.8 Å². The van der Waals surface area contributed by atoms with Crippen molar-refractivity contribution >= 4 is 47.4 Å². The van der Waals surface area contributed by atoms with Gasteiger partial charge < -0.3 is 65.8 Å². The highest BCUT2D eigenvalue weighted by Gasteiger charge is 2.38. The lowest BCUT2D eigenvalue weighted by Gasteiger charge is -2.40. The number of hydrogen-bond donors (Lipinski definition) is 7. The zero-order valence-corrected chi connectivity index (χ0v) is 46.3. The van der Waals surface area contributed by atoms with E-state index < -0.39 is 89.2 Å². The van der Waals surface area contributed by atoms with Gasteiger partial charge in [-0.25, -0.2) is 18.6 Å². The number of ether oxygens (including phenoxy) is 4. The SMILES string of the molecule is CC(C)[C@H](NC(=O)CCOCCOCCOCCOCCNC(=O)CCN1C(=O)C=CC1=O)C(=O)N[C@@H](CCCNC(N)=O)C(=O)NCCCN(C(=O)CO)[C@@H](c1nc(-c2cc(F)ccc2F)cn1Cc1ccccc1)C(C)(C)C. The lowest BCUT2D eigenvalue weighted by atomic mass is 9.84. The van der Waals surface area contributed by atoms with E-state index in [9.17, 15) is 47.9 Å². The van der Waals surface area contributed by atoms with Gasteiger partial charge in [0, 0.05) is 76.0 Å². The first-order valence-electron chi connectivity index (χ1n) is 26.7. The van der Waals surface area contributed by atoms with Crippen molar-refractivity contribution < 1.29 is 71.2 Å². The van der Waals surface area contributed by atoms with Crippen LogP contribution in [0.15, 0.2) is 66.9 Å². The van der Waals surface area contributed by atoms with Gasteiger partial charge >= 0.3 is 6.03 Å². The molecule has 9 amide bonds. The highest BCUT2D eigenvalue weighted by atomic mass is 19.1. The maximum atomic E-state index is 15.2. The molecule has 23 nitrogen and oxygen atoms in total. The summed E-state index contributed by atoms with van der Waals surface area (Å²) in [5.41, 5.74) is 5.44. The first-order chi connectivity index (χ1) is 38.2. The van der Waals surface area contributed by atoms with Crippen LogP contribution in [0.3, 0.4) is 0 Å². The minimum atomic E-state index is -1.12. The Bertz CT molecular complexity index is 2520. The number of imidazole rings is 1. The summed E-state index contributed by atoms with van der Waals surface area (Å²) in [6, 6.07) is 8.71. The number of aliphatic hydroxyl groups excluding tert-OH is 1. The number of carbonyl (C=O) groups excluding carboxylic acids is 8. The van der Waals surface area contributed by atoms with Gasteiger partial charge in [-0.2, -0.15) is 0 Å². The molecule has 0 spiro atoms. The Kier molecular flexibility index (Phi) is 27.8. The first kappa shape index (κ1) is 65.3. The highest BCUT2D eigenvalue weighted by Crippen LogP contribution is 2.39. The molecule has 440 valence electrons. The number of nitrogens with one attached hydrogen (secondary N) is 5. The number of nitrogens with zero attached hydrogens (tertiary/aromatic N) is 4. The Morgan fingerprint density at radius 2 is 1.38 bits per heavy atom. The van der Waals surface area contributed by atoms with Crippen molar-refractivity contribution in [2.75, 3.05) is 92.2 Å². The fourth-order valence-corrected chi connectivity index (χ4v) is 8.42. The molecule has 3 atom stereocenters. The van der Waals surface area contributed by atoms with Crippen LogP contribution in [0, 0.1) is 23.0 Å². The maximum Gasteiger partial charge on any atom is 0.312 e. The van der Waals surface area contributed by atoms with E-state index in [-0.39, 0.29) is 128 Å². The molecule has 2 heterocycles. The molecular formula is C55H78F2N10O13. The number of hydrogen-bond acceptors (Lipinski definition) is 14. The van der Waals surface area contributed by atoms with Crippen LogP contribution in [-0.2, 0) is 59.1 Å². The molecule has 1 aliphatic heterocycles. The summed E-state index contributed by atoms with van der Waals surface area (Å²) in [6.07, 6.45) is 4.34. The number of nitrogens with two attached hydrogens (primary N) is 1. The molecule has 0 unspecified atom stereocenters. The second kappa shape index (κ2) is 34.1. The van der Waals surface area contributed by atoms with Crippen LogP contribution in [0.1, 0.15) is 84.2 Å². The lowest BCUT2D eigenvalue weighted by molar-refractivity contribution is -0.140. The molecule has 0 fully saturated rings. The summed E-state index contributed by atoms with van der Waals surface area (Å²) in [5, 5.41) is 23.7. The zero-order chi connectivity index (χ0) is 58.6. The molecule has 0 radical (unpaired) electrons. The Morgan fingerprint density at radius 3 is 1.99 bits per heavy atom. The summed E-state index contributed by atoms with van der Waals surface area (Å²) >= 11 is 0. The van der Waals surface area contributed by atoms with E-state index in [1.165, 1.54) is 4.90 Å². The number of aromatic nitrogens is 2. The largest absolute Gasteiger partial charge is 0.387 e. The van der Waals surface area contributed by atoms with E-state index in [2.05, 4.69) is 26.6 Å². The third kappa shape index (κ3) is 22.5. The Hall–Kier alpha value is -7.19. The van der Waals surface area contributed by atoms with Gasteiger partial charge in [0.25, 0.3) is 11.8 Å². The number of carbonyl (C=O) groups is 8. The number of urea groups is 1. The molecule has 0 saturated carbocycles. The van der Waals surface area contributed by atoms with Gasteiger partial charge in [0.2, 0.25) is 29.5 Å². The number of halogens is 2. The molecule has 0 bridgehead atoms. The van der Waals surface area contributed by atoms with Gasteiger partial charge in [-0.3, -0.25) is 38.5 Å². The predicted molar refractivity (Wildman–Crippen MR) is 289 cm³/mol. The molecule has 25 heteroatoms. The Labute approximate surface area is 465 Å². The molecule has 0 aliphatic carbocycles. The van der Waals surface area contributed by atoms with Crippen LogP contribution in [0.2, 0.25) is 0 Å². The van der Waals surface area contributed by atoms with Crippen molar-refractivity contribution in [3.05, 3.63) is 89.9 Å². The van der Waals surface area contributed by atoms with Crippen molar-refractivity contribution in [2.45, 2.75) is 91.4 Å². The zero-order valence-electron chi connectivity index (χ0n) is 46.3. The lowest BCUT2D eigenvalue weighted by Crippen LogP contribution is -2.55. The average molecular weight is 1130 g/mol. The number of aliphatic hydroxyl groups is 1. The van der Waals surface area contributed by atoms with Gasteiger partial charge in [-0.15, -0.1) is 0 Å². The molecule has 4 rings (SSSR count). The number of amides is 9. The quantitative estimate of drug-likeness (QED) is 0.0322. The molecule has 0 saturated heterocycles. The second-order valence-electron chi connectivity index (χ2n) is 20.1. The van der Waals surface area contributed by atoms with Crippen LogP contribution in [0.4, 0.5) is 13.6 Å². The monoisotopic (exact) mass is 1120 g/mol. The fraction of sp³-hybridized carbons (Fsp3) is 0.545. The highest BCUT2D eigenvalue weighted by molar-refractivity contribution is 6.13. The minimum Gasteiger partial charge on any atom is -0.387 e. The minimum absolute atomic E-state index is 0.00578. The van der Waals surface area contributed by atoms with Crippen molar-refractivity contribution in [3.8, 4) is 11.3 Å². The van der Waals surface area contributed by atoms with Gasteiger partial charge in [0.05, 0.1) is 64.6 Å². The summed E-state index contributed by atoms with van der Waals surface area (Å²) < 4.78 is 53.3. The van der Waals surface area contributed by atoms with Crippen LogP contribution in [0.25, 0.3) is 11.3 Å². The molecule has 3 aromatic rings. The summed E-state index contributed by atoms with van der Waals surface area (Å²) in [4.78, 5) is 108. The Morgan fingerprint density at radius 1 is 0.750 bits per heavy atom. The first-order valence-corrected chi connectivity index (χ1v) is 26.7. The molecule has 8 N–H and O–H groups in total. The fourth-order valence-electron chi connectivity index (χ4n) is 8.42. The van der Waals surface area contributed by atoms with Gasteiger partial charge in [-0.05, 0) is 54.4 Å². The number of rotatable bonds is 37. The van der Waals surface area contributed by atoms with Gasteiger partial charge in [-0.1, -0.05) is 65.0 Å². The number of benzene rings is 2. The van der Waals surface area contributed by atoms with E-state index in [0.29, 0.717) is 19.0 Å². The average Bonchev–Trinajstić information content (AvgIpc) is 4.04. The third-order valence-electron chi connectivity index (χ3n) is 12.4. The van der Waals surface area contributed by atoms with Crippen molar-refractivity contribution in [1.29, 1.82) is 0 Å². The molecule has 80 heavy (non-hydrogen) atoms.